The molecule has 1 saturated carbocycles. The van der Waals surface area contributed by atoms with Gasteiger partial charge >= 0.3 is 6.09 Å². The van der Waals surface area contributed by atoms with Crippen LogP contribution in [0.4, 0.5) is 10.5 Å². The minimum Gasteiger partial charge on any atom is -0.496 e. The highest BCUT2D eigenvalue weighted by molar-refractivity contribution is 6.00. The molecule has 0 unspecified atom stereocenters. The summed E-state index contributed by atoms with van der Waals surface area (Å²) in [6, 6.07) is 8.82. The summed E-state index contributed by atoms with van der Waals surface area (Å²) < 4.78 is 11.1. The Labute approximate surface area is 182 Å². The lowest BCUT2D eigenvalue weighted by Gasteiger charge is -2.52. The highest BCUT2D eigenvalue weighted by Gasteiger charge is 2.54. The lowest BCUT2D eigenvalue weighted by molar-refractivity contribution is -0.137. The molecule has 2 amide bonds. The van der Waals surface area contributed by atoms with Gasteiger partial charge in [-0.1, -0.05) is 6.07 Å². The van der Waals surface area contributed by atoms with Gasteiger partial charge < -0.3 is 19.9 Å². The fourth-order valence-electron chi connectivity index (χ4n) is 3.92. The number of rotatable bonds is 6. The van der Waals surface area contributed by atoms with E-state index in [-0.39, 0.29) is 5.91 Å². The molecule has 8 nitrogen and oxygen atoms in total. The number of aromatic nitrogens is 1. The van der Waals surface area contributed by atoms with Crippen molar-refractivity contribution in [2.45, 2.75) is 58.0 Å². The Hall–Kier alpha value is -3.29. The predicted molar refractivity (Wildman–Crippen MR) is 117 cm³/mol. The highest BCUT2D eigenvalue weighted by atomic mass is 16.5. The molecule has 0 aliphatic heterocycles. The Bertz CT molecular complexity index is 962. The normalized spacial score (nSPS) is 14.9. The zero-order valence-electron chi connectivity index (χ0n) is 18.6. The van der Waals surface area contributed by atoms with Crippen LogP contribution in [0, 0.1) is 6.92 Å². The summed E-state index contributed by atoms with van der Waals surface area (Å²) in [4.78, 5) is 30.6. The van der Waals surface area contributed by atoms with Crippen LogP contribution in [0.5, 0.6) is 17.4 Å². The van der Waals surface area contributed by atoms with Crippen molar-refractivity contribution in [3.63, 3.8) is 0 Å². The van der Waals surface area contributed by atoms with E-state index in [0.29, 0.717) is 35.9 Å². The Morgan fingerprint density at radius 1 is 1.19 bits per heavy atom. The fourth-order valence-corrected chi connectivity index (χ4v) is 3.92. The molecule has 1 aromatic heterocycles. The third-order valence-corrected chi connectivity index (χ3v) is 5.49. The van der Waals surface area contributed by atoms with Crippen LogP contribution >= 0.6 is 0 Å². The molecule has 1 aromatic carbocycles. The number of carbonyl (C=O) groups is 2. The summed E-state index contributed by atoms with van der Waals surface area (Å²) >= 11 is 0. The SMILES string of the molecule is COc1cc(Oc2ccc(NC(=O)C3(N(C(=O)O)C(C)(C)C)CCC3)cn2)ccc1C. The third kappa shape index (κ3) is 4.57. The smallest absolute Gasteiger partial charge is 0.408 e. The monoisotopic (exact) mass is 427 g/mol. The third-order valence-electron chi connectivity index (χ3n) is 5.49. The molecule has 0 bridgehead atoms. The number of pyridine rings is 1. The van der Waals surface area contributed by atoms with Crippen molar-refractivity contribution in [2.75, 3.05) is 12.4 Å². The van der Waals surface area contributed by atoms with Crippen molar-refractivity contribution in [1.82, 2.24) is 9.88 Å². The zero-order valence-corrected chi connectivity index (χ0v) is 18.6. The molecule has 1 fully saturated rings. The number of carboxylic acid groups (broad SMARTS) is 1. The Morgan fingerprint density at radius 2 is 1.90 bits per heavy atom. The number of nitrogens with one attached hydrogen (secondary N) is 1. The first-order chi connectivity index (χ1) is 14.6. The molecule has 1 aliphatic rings. The van der Waals surface area contributed by atoms with Gasteiger partial charge in [0.25, 0.3) is 5.91 Å². The molecular formula is C23H29N3O5. The summed E-state index contributed by atoms with van der Waals surface area (Å²) in [6.45, 7) is 7.32. The van der Waals surface area contributed by atoms with E-state index in [4.69, 9.17) is 9.47 Å². The number of nitrogens with zero attached hydrogens (tertiary/aromatic N) is 2. The van der Waals surface area contributed by atoms with Crippen molar-refractivity contribution in [1.29, 1.82) is 0 Å². The van der Waals surface area contributed by atoms with Gasteiger partial charge in [-0.05, 0) is 64.7 Å². The van der Waals surface area contributed by atoms with Crippen LogP contribution in [0.3, 0.4) is 0 Å². The van der Waals surface area contributed by atoms with Gasteiger partial charge in [-0.15, -0.1) is 0 Å². The number of anilines is 1. The van der Waals surface area contributed by atoms with Gasteiger partial charge in [-0.3, -0.25) is 9.69 Å². The fraction of sp³-hybridized carbons (Fsp3) is 0.435. The summed E-state index contributed by atoms with van der Waals surface area (Å²) in [7, 11) is 1.60. The minimum atomic E-state index is -1.10. The zero-order chi connectivity index (χ0) is 22.8. The van der Waals surface area contributed by atoms with Crippen molar-refractivity contribution in [3.05, 3.63) is 42.1 Å². The summed E-state index contributed by atoms with van der Waals surface area (Å²) in [6.07, 6.45) is 2.18. The molecule has 2 N–H and O–H groups in total. The second-order valence-electron chi connectivity index (χ2n) is 8.75. The van der Waals surface area contributed by atoms with Crippen LogP contribution < -0.4 is 14.8 Å². The molecule has 0 saturated heterocycles. The van der Waals surface area contributed by atoms with Crippen LogP contribution in [0.25, 0.3) is 0 Å². The highest BCUT2D eigenvalue weighted by Crippen LogP contribution is 2.42. The van der Waals surface area contributed by atoms with E-state index in [0.717, 1.165) is 12.0 Å². The second-order valence-corrected chi connectivity index (χ2v) is 8.75. The lowest BCUT2D eigenvalue weighted by Crippen LogP contribution is -2.67. The standard InChI is InChI=1S/C23H29N3O5/c1-15-7-9-17(13-18(15)30-5)31-19-10-8-16(14-24-19)25-20(27)23(11-6-12-23)26(21(28)29)22(2,3)4/h7-10,13-14H,6,11-12H2,1-5H3,(H,25,27)(H,28,29). The van der Waals surface area contributed by atoms with E-state index >= 15 is 0 Å². The summed E-state index contributed by atoms with van der Waals surface area (Å²) in [5, 5.41) is 12.6. The summed E-state index contributed by atoms with van der Waals surface area (Å²) in [5.74, 6) is 1.33. The topological polar surface area (TPSA) is 101 Å². The van der Waals surface area contributed by atoms with Gasteiger partial charge in [0.1, 0.15) is 17.0 Å². The maximum Gasteiger partial charge on any atom is 0.408 e. The molecule has 0 atom stereocenters. The average Bonchev–Trinajstić information content (AvgIpc) is 2.66. The molecule has 3 rings (SSSR count). The molecular weight excluding hydrogens is 398 g/mol. The number of amides is 2. The van der Waals surface area contributed by atoms with Gasteiger partial charge in [-0.25, -0.2) is 9.78 Å². The Kier molecular flexibility index (Phi) is 6.10. The molecule has 1 heterocycles. The first-order valence-electron chi connectivity index (χ1n) is 10.2. The maximum atomic E-state index is 13.1. The average molecular weight is 428 g/mol. The van der Waals surface area contributed by atoms with E-state index < -0.39 is 17.2 Å². The first kappa shape index (κ1) is 22.4. The number of hydrogen-bond acceptors (Lipinski definition) is 5. The van der Waals surface area contributed by atoms with Crippen LogP contribution in [0.15, 0.2) is 36.5 Å². The van der Waals surface area contributed by atoms with E-state index in [1.807, 2.05) is 19.1 Å². The lowest BCUT2D eigenvalue weighted by atomic mass is 9.72. The van der Waals surface area contributed by atoms with E-state index in [2.05, 4.69) is 10.3 Å². The number of hydrogen-bond donors (Lipinski definition) is 2. The Morgan fingerprint density at radius 3 is 2.39 bits per heavy atom. The molecule has 2 aromatic rings. The van der Waals surface area contributed by atoms with Gasteiger partial charge in [-0.2, -0.15) is 0 Å². The quantitative estimate of drug-likeness (QED) is 0.685. The molecule has 1 aliphatic carbocycles. The van der Waals surface area contributed by atoms with Crippen molar-refractivity contribution < 1.29 is 24.2 Å². The predicted octanol–water partition coefficient (Wildman–Crippen LogP) is 4.83. The van der Waals surface area contributed by atoms with Crippen LogP contribution in [0.2, 0.25) is 0 Å². The molecule has 0 spiro atoms. The van der Waals surface area contributed by atoms with Gasteiger partial charge in [0.05, 0.1) is 19.0 Å². The molecule has 166 valence electrons. The van der Waals surface area contributed by atoms with Crippen molar-refractivity contribution in [2.24, 2.45) is 0 Å². The van der Waals surface area contributed by atoms with Crippen LogP contribution in [-0.2, 0) is 4.79 Å². The second kappa shape index (κ2) is 8.45. The van der Waals surface area contributed by atoms with E-state index in [1.165, 1.54) is 11.1 Å². The van der Waals surface area contributed by atoms with Gasteiger partial charge in [0.2, 0.25) is 5.88 Å². The number of methoxy groups -OCH3 is 1. The Balaban J connectivity index is 1.73. The minimum absolute atomic E-state index is 0.338. The molecule has 8 heteroatoms. The molecule has 0 radical (unpaired) electrons. The van der Waals surface area contributed by atoms with Gasteiger partial charge in [0.15, 0.2) is 0 Å². The first-order valence-corrected chi connectivity index (χ1v) is 10.2. The van der Waals surface area contributed by atoms with E-state index in [9.17, 15) is 14.7 Å². The van der Waals surface area contributed by atoms with E-state index in [1.54, 1.807) is 46.1 Å². The van der Waals surface area contributed by atoms with Gasteiger partial charge in [0, 0.05) is 17.7 Å². The number of aryl methyl sites for hydroxylation is 1. The summed E-state index contributed by atoms with van der Waals surface area (Å²) in [5.41, 5.74) is -0.299. The molecule has 31 heavy (non-hydrogen) atoms. The number of carbonyl (C=O) groups excluding carboxylic acids is 1. The number of benzene rings is 1. The van der Waals surface area contributed by atoms with Crippen molar-refractivity contribution in [3.8, 4) is 17.4 Å². The van der Waals surface area contributed by atoms with Crippen molar-refractivity contribution >= 4 is 17.7 Å². The van der Waals surface area contributed by atoms with Crippen LogP contribution in [-0.4, -0.2) is 45.2 Å². The maximum absolute atomic E-state index is 13.1. The number of ether oxygens (including phenoxy) is 2. The van der Waals surface area contributed by atoms with Crippen LogP contribution in [0.1, 0.15) is 45.6 Å². The largest absolute Gasteiger partial charge is 0.496 e.